The van der Waals surface area contributed by atoms with Crippen molar-refractivity contribution < 1.29 is 9.47 Å². The topological polar surface area (TPSA) is 56.5 Å². The number of rotatable bonds is 9. The maximum Gasteiger partial charge on any atom is 0.173 e. The Balaban J connectivity index is 4.05. The van der Waals surface area contributed by atoms with Gasteiger partial charge in [0.2, 0.25) is 0 Å². The molecule has 0 amide bonds. The number of nitrogens with one attached hydrogen (secondary N) is 1. The first-order valence-electron chi connectivity index (χ1n) is 5.84. The summed E-state index contributed by atoms with van der Waals surface area (Å²) in [5.41, 5.74) is 2.78. The molecule has 0 aromatic heterocycles. The molecular weight excluding hydrogens is 192 g/mol. The first-order chi connectivity index (χ1) is 7.15. The molecule has 0 rings (SSSR count). The number of hydrogen-bond acceptors (Lipinski definition) is 4. The smallest absolute Gasteiger partial charge is 0.173 e. The van der Waals surface area contributed by atoms with E-state index in [0.29, 0.717) is 19.1 Å². The molecule has 0 heterocycles. The third-order valence-corrected chi connectivity index (χ3v) is 2.26. The van der Waals surface area contributed by atoms with Crippen LogP contribution < -0.4 is 11.3 Å². The highest BCUT2D eigenvalue weighted by Gasteiger charge is 2.20. The van der Waals surface area contributed by atoms with Crippen molar-refractivity contribution in [1.29, 1.82) is 0 Å². The van der Waals surface area contributed by atoms with E-state index in [1.54, 1.807) is 0 Å². The van der Waals surface area contributed by atoms with Crippen LogP contribution >= 0.6 is 0 Å². The summed E-state index contributed by atoms with van der Waals surface area (Å²) in [6, 6.07) is 0.0762. The molecule has 0 radical (unpaired) electrons. The third kappa shape index (κ3) is 6.84. The zero-order valence-corrected chi connectivity index (χ0v) is 10.5. The van der Waals surface area contributed by atoms with Crippen molar-refractivity contribution in [3.05, 3.63) is 0 Å². The zero-order valence-electron chi connectivity index (χ0n) is 10.5. The van der Waals surface area contributed by atoms with E-state index >= 15 is 0 Å². The standard InChI is InChI=1S/C11H26N2O2/c1-5-14-11(15-6-2)10(13-12)8-7-9(3)4/h9-11,13H,5-8,12H2,1-4H3. The molecule has 1 unspecified atom stereocenters. The van der Waals surface area contributed by atoms with E-state index in [1.165, 1.54) is 0 Å². The van der Waals surface area contributed by atoms with E-state index < -0.39 is 0 Å². The predicted octanol–water partition coefficient (Wildman–Crippen LogP) is 1.65. The van der Waals surface area contributed by atoms with Crippen molar-refractivity contribution in [3.8, 4) is 0 Å². The van der Waals surface area contributed by atoms with Gasteiger partial charge in [-0.2, -0.15) is 0 Å². The lowest BCUT2D eigenvalue weighted by Gasteiger charge is -2.26. The summed E-state index contributed by atoms with van der Waals surface area (Å²) in [6.45, 7) is 9.60. The second-order valence-electron chi connectivity index (χ2n) is 4.02. The van der Waals surface area contributed by atoms with Crippen LogP contribution in [0.25, 0.3) is 0 Å². The van der Waals surface area contributed by atoms with Crippen LogP contribution in [0.5, 0.6) is 0 Å². The normalized spacial score (nSPS) is 13.8. The summed E-state index contributed by atoms with van der Waals surface area (Å²) >= 11 is 0. The van der Waals surface area contributed by atoms with Crippen LogP contribution in [0, 0.1) is 5.92 Å². The highest BCUT2D eigenvalue weighted by molar-refractivity contribution is 4.69. The van der Waals surface area contributed by atoms with Crippen molar-refractivity contribution in [2.24, 2.45) is 11.8 Å². The summed E-state index contributed by atoms with van der Waals surface area (Å²) in [6.07, 6.45) is 1.86. The molecule has 0 aromatic carbocycles. The van der Waals surface area contributed by atoms with Gasteiger partial charge >= 0.3 is 0 Å². The van der Waals surface area contributed by atoms with E-state index in [4.69, 9.17) is 15.3 Å². The molecule has 0 aliphatic rings. The minimum atomic E-state index is -0.233. The first kappa shape index (κ1) is 14.8. The molecule has 4 nitrogen and oxygen atoms in total. The molecule has 92 valence electrons. The minimum Gasteiger partial charge on any atom is -0.351 e. The van der Waals surface area contributed by atoms with Gasteiger partial charge in [-0.25, -0.2) is 0 Å². The maximum atomic E-state index is 5.51. The van der Waals surface area contributed by atoms with E-state index in [9.17, 15) is 0 Å². The van der Waals surface area contributed by atoms with Crippen molar-refractivity contribution >= 4 is 0 Å². The Morgan fingerprint density at radius 1 is 1.07 bits per heavy atom. The van der Waals surface area contributed by atoms with Gasteiger partial charge in [0.1, 0.15) is 0 Å². The lowest BCUT2D eigenvalue weighted by Crippen LogP contribution is -2.46. The van der Waals surface area contributed by atoms with Gasteiger partial charge in [0, 0.05) is 13.2 Å². The maximum absolute atomic E-state index is 5.51. The summed E-state index contributed by atoms with van der Waals surface area (Å²) in [7, 11) is 0. The Labute approximate surface area is 93.5 Å². The molecule has 0 bridgehead atoms. The second-order valence-corrected chi connectivity index (χ2v) is 4.02. The van der Waals surface area contributed by atoms with Crippen molar-refractivity contribution in [1.82, 2.24) is 5.43 Å². The van der Waals surface area contributed by atoms with E-state index in [2.05, 4.69) is 19.3 Å². The van der Waals surface area contributed by atoms with Gasteiger partial charge in [0.05, 0.1) is 6.04 Å². The lowest BCUT2D eigenvalue weighted by molar-refractivity contribution is -0.155. The largest absolute Gasteiger partial charge is 0.351 e. The minimum absolute atomic E-state index is 0.0762. The predicted molar refractivity (Wildman–Crippen MR) is 62.2 cm³/mol. The quantitative estimate of drug-likeness (QED) is 0.351. The Kier molecular flexibility index (Phi) is 9.00. The summed E-state index contributed by atoms with van der Waals surface area (Å²) in [5, 5.41) is 0. The zero-order chi connectivity index (χ0) is 11.7. The van der Waals surface area contributed by atoms with Crippen LogP contribution in [-0.2, 0) is 9.47 Å². The van der Waals surface area contributed by atoms with Crippen molar-refractivity contribution in [3.63, 3.8) is 0 Å². The molecule has 15 heavy (non-hydrogen) atoms. The number of hydrogen-bond donors (Lipinski definition) is 2. The monoisotopic (exact) mass is 218 g/mol. The summed E-state index contributed by atoms with van der Waals surface area (Å²) in [4.78, 5) is 0. The molecule has 0 saturated heterocycles. The molecule has 0 spiro atoms. The van der Waals surface area contributed by atoms with E-state index in [0.717, 1.165) is 12.8 Å². The highest BCUT2D eigenvalue weighted by Crippen LogP contribution is 2.12. The molecule has 0 aromatic rings. The molecule has 0 aliphatic carbocycles. The highest BCUT2D eigenvalue weighted by atomic mass is 16.7. The SMILES string of the molecule is CCOC(OCC)C(CCC(C)C)NN. The first-order valence-corrected chi connectivity index (χ1v) is 5.84. The molecule has 3 N–H and O–H groups in total. The van der Waals surface area contributed by atoms with Gasteiger partial charge in [-0.15, -0.1) is 0 Å². The summed E-state index contributed by atoms with van der Waals surface area (Å²) < 4.78 is 11.0. The van der Waals surface area contributed by atoms with Crippen LogP contribution in [0.4, 0.5) is 0 Å². The Bertz CT molecular complexity index is 137. The second kappa shape index (κ2) is 9.09. The van der Waals surface area contributed by atoms with Crippen molar-refractivity contribution in [2.45, 2.75) is 52.9 Å². The van der Waals surface area contributed by atoms with Crippen LogP contribution in [0.2, 0.25) is 0 Å². The van der Waals surface area contributed by atoms with Gasteiger partial charge in [-0.1, -0.05) is 13.8 Å². The van der Waals surface area contributed by atoms with Crippen LogP contribution in [0.15, 0.2) is 0 Å². The van der Waals surface area contributed by atoms with Crippen LogP contribution in [-0.4, -0.2) is 25.5 Å². The fourth-order valence-electron chi connectivity index (χ4n) is 1.42. The Morgan fingerprint density at radius 2 is 1.60 bits per heavy atom. The van der Waals surface area contributed by atoms with E-state index in [1.807, 2.05) is 13.8 Å². The summed E-state index contributed by atoms with van der Waals surface area (Å²) in [5.74, 6) is 6.18. The third-order valence-electron chi connectivity index (χ3n) is 2.26. The Morgan fingerprint density at radius 3 is 1.93 bits per heavy atom. The van der Waals surface area contributed by atoms with Gasteiger partial charge in [-0.3, -0.25) is 11.3 Å². The molecule has 1 atom stereocenters. The van der Waals surface area contributed by atoms with Crippen LogP contribution in [0.3, 0.4) is 0 Å². The molecule has 0 fully saturated rings. The number of hydrazine groups is 1. The van der Waals surface area contributed by atoms with Gasteiger partial charge in [-0.05, 0) is 32.6 Å². The van der Waals surface area contributed by atoms with Gasteiger partial charge in [0.15, 0.2) is 6.29 Å². The number of nitrogens with two attached hydrogens (primary N) is 1. The van der Waals surface area contributed by atoms with Crippen molar-refractivity contribution in [2.75, 3.05) is 13.2 Å². The molecular formula is C11H26N2O2. The molecule has 0 saturated carbocycles. The average Bonchev–Trinajstić information content (AvgIpc) is 2.19. The molecule has 4 heteroatoms. The van der Waals surface area contributed by atoms with Gasteiger partial charge < -0.3 is 9.47 Å². The molecule has 0 aliphatic heterocycles. The van der Waals surface area contributed by atoms with Crippen LogP contribution in [0.1, 0.15) is 40.5 Å². The fraction of sp³-hybridized carbons (Fsp3) is 1.00. The lowest BCUT2D eigenvalue weighted by atomic mass is 10.0. The van der Waals surface area contributed by atoms with E-state index in [-0.39, 0.29) is 12.3 Å². The number of ether oxygens (including phenoxy) is 2. The average molecular weight is 218 g/mol. The Hall–Kier alpha value is -0.160. The van der Waals surface area contributed by atoms with Gasteiger partial charge in [0.25, 0.3) is 0 Å². The fourth-order valence-corrected chi connectivity index (χ4v) is 1.42.